The number of benzene rings is 2. The molecular weight excluding hydrogens is 309 g/mol. The molecule has 0 amide bonds. The lowest BCUT2D eigenvalue weighted by atomic mass is 10.1. The van der Waals surface area contributed by atoms with Gasteiger partial charge in [0.2, 0.25) is 0 Å². The highest BCUT2D eigenvalue weighted by Gasteiger charge is 2.37. The van der Waals surface area contributed by atoms with Gasteiger partial charge < -0.3 is 4.74 Å². The minimum absolute atomic E-state index is 0.0797. The largest absolute Gasteiger partial charge is 0.484 e. The molecule has 0 N–H and O–H groups in total. The molecule has 0 fully saturated rings. The molecule has 0 aliphatic carbocycles. The van der Waals surface area contributed by atoms with Crippen molar-refractivity contribution in [3.8, 4) is 0 Å². The van der Waals surface area contributed by atoms with E-state index in [1.165, 1.54) is 0 Å². The fourth-order valence-corrected chi connectivity index (χ4v) is 3.18. The summed E-state index contributed by atoms with van der Waals surface area (Å²) in [4.78, 5) is 0.229. The van der Waals surface area contributed by atoms with Gasteiger partial charge >= 0.3 is 5.51 Å². The zero-order valence-electron chi connectivity index (χ0n) is 11.5. The quantitative estimate of drug-likeness (QED) is 0.709. The van der Waals surface area contributed by atoms with Crippen LogP contribution in [0.4, 0.5) is 13.2 Å². The maximum Gasteiger partial charge on any atom is 0.446 e. The van der Waals surface area contributed by atoms with Crippen LogP contribution in [0.3, 0.4) is 0 Å². The molecule has 0 radical (unpaired) electrons. The van der Waals surface area contributed by atoms with Gasteiger partial charge in [0.15, 0.2) is 0 Å². The van der Waals surface area contributed by atoms with E-state index in [1.807, 2.05) is 36.4 Å². The van der Waals surface area contributed by atoms with E-state index in [0.717, 1.165) is 5.56 Å². The lowest BCUT2D eigenvalue weighted by Gasteiger charge is -2.13. The normalized spacial score (nSPS) is 18.4. The van der Waals surface area contributed by atoms with Gasteiger partial charge in [-0.1, -0.05) is 60.7 Å². The summed E-state index contributed by atoms with van der Waals surface area (Å²) >= 11 is -0.0797. The first-order valence-corrected chi connectivity index (χ1v) is 7.60. The fraction of sp³-hybridized carbons (Fsp3) is 0.176. The minimum Gasteiger partial charge on any atom is -0.484 e. The highest BCUT2D eigenvalue weighted by Crippen LogP contribution is 2.50. The van der Waals surface area contributed by atoms with E-state index in [0.29, 0.717) is 11.3 Å². The molecule has 2 aromatic rings. The summed E-state index contributed by atoms with van der Waals surface area (Å²) in [6.45, 7) is 0. The Hall–Kier alpha value is -1.88. The van der Waals surface area contributed by atoms with Crippen LogP contribution in [0.5, 0.6) is 0 Å². The van der Waals surface area contributed by atoms with Gasteiger partial charge in [-0.2, -0.15) is 13.2 Å². The van der Waals surface area contributed by atoms with Crippen molar-refractivity contribution >= 4 is 17.5 Å². The Labute approximate surface area is 130 Å². The number of thioether (sulfide) groups is 1. The summed E-state index contributed by atoms with van der Waals surface area (Å²) in [5.74, 6) is 0.330. The van der Waals surface area contributed by atoms with E-state index in [4.69, 9.17) is 4.74 Å². The Kier molecular flexibility index (Phi) is 4.16. The maximum atomic E-state index is 12.8. The molecule has 0 saturated carbocycles. The molecule has 2 aromatic carbocycles. The van der Waals surface area contributed by atoms with Crippen molar-refractivity contribution in [2.45, 2.75) is 18.0 Å². The Bertz CT molecular complexity index is 665. The van der Waals surface area contributed by atoms with Crippen LogP contribution in [-0.2, 0) is 4.74 Å². The molecule has 1 nitrogen and oxygen atoms in total. The molecule has 1 unspecified atom stereocenters. The topological polar surface area (TPSA) is 9.23 Å². The number of hydrogen-bond acceptors (Lipinski definition) is 2. The lowest BCUT2D eigenvalue weighted by Crippen LogP contribution is -2.00. The van der Waals surface area contributed by atoms with Gasteiger partial charge in [0.25, 0.3) is 0 Å². The third kappa shape index (κ3) is 3.47. The molecule has 1 aliphatic heterocycles. The van der Waals surface area contributed by atoms with Crippen LogP contribution in [0.25, 0.3) is 5.76 Å². The molecule has 22 heavy (non-hydrogen) atoms. The van der Waals surface area contributed by atoms with Gasteiger partial charge in [0, 0.05) is 16.9 Å². The number of ether oxygens (including phenoxy) is 1. The molecule has 0 spiro atoms. The maximum absolute atomic E-state index is 12.8. The van der Waals surface area contributed by atoms with Crippen LogP contribution >= 0.6 is 11.8 Å². The molecular formula is C17H13F3OS. The first-order valence-electron chi connectivity index (χ1n) is 6.79. The minimum atomic E-state index is -4.32. The Morgan fingerprint density at radius 1 is 0.909 bits per heavy atom. The standard InChI is InChI=1S/C17H13F3OS/c18-17(19,20)22-15-11-14(12-7-3-1-4-8-12)21-16(15)13-9-5-2-6-10-13/h1-10,14H,11H2. The van der Waals surface area contributed by atoms with Crippen molar-refractivity contribution in [1.29, 1.82) is 0 Å². The van der Waals surface area contributed by atoms with Crippen molar-refractivity contribution in [1.82, 2.24) is 0 Å². The monoisotopic (exact) mass is 322 g/mol. The first-order chi connectivity index (χ1) is 10.5. The van der Waals surface area contributed by atoms with Crippen molar-refractivity contribution < 1.29 is 17.9 Å². The number of rotatable bonds is 3. The van der Waals surface area contributed by atoms with Crippen molar-refractivity contribution in [3.63, 3.8) is 0 Å². The van der Waals surface area contributed by atoms with E-state index < -0.39 is 5.51 Å². The van der Waals surface area contributed by atoms with E-state index in [-0.39, 0.29) is 29.2 Å². The third-order valence-corrected chi connectivity index (χ3v) is 4.16. The first kappa shape index (κ1) is 15.0. The predicted octanol–water partition coefficient (Wildman–Crippen LogP) is 5.77. The van der Waals surface area contributed by atoms with E-state index in [1.54, 1.807) is 24.3 Å². The zero-order chi connectivity index (χ0) is 15.6. The summed E-state index contributed by atoms with van der Waals surface area (Å²) in [5, 5.41) is 0. The summed E-state index contributed by atoms with van der Waals surface area (Å²) < 4.78 is 44.2. The predicted molar refractivity (Wildman–Crippen MR) is 81.9 cm³/mol. The number of halogens is 3. The van der Waals surface area contributed by atoms with Crippen molar-refractivity contribution in [3.05, 3.63) is 76.7 Å². The Balaban J connectivity index is 1.92. The van der Waals surface area contributed by atoms with Crippen LogP contribution in [0.2, 0.25) is 0 Å². The SMILES string of the molecule is FC(F)(F)SC1=C(c2ccccc2)OC(c2ccccc2)C1. The molecule has 0 saturated heterocycles. The van der Waals surface area contributed by atoms with Crippen LogP contribution in [0.15, 0.2) is 65.6 Å². The Morgan fingerprint density at radius 3 is 2.09 bits per heavy atom. The third-order valence-electron chi connectivity index (χ3n) is 3.33. The van der Waals surface area contributed by atoms with E-state index >= 15 is 0 Å². The van der Waals surface area contributed by atoms with Crippen molar-refractivity contribution in [2.75, 3.05) is 0 Å². The molecule has 5 heteroatoms. The molecule has 3 rings (SSSR count). The summed E-state index contributed by atoms with van der Waals surface area (Å²) in [7, 11) is 0. The van der Waals surface area contributed by atoms with Gasteiger partial charge in [0.05, 0.1) is 0 Å². The number of alkyl halides is 3. The summed E-state index contributed by atoms with van der Waals surface area (Å²) in [5.41, 5.74) is -2.76. The number of hydrogen-bond donors (Lipinski definition) is 0. The second-order valence-corrected chi connectivity index (χ2v) is 6.05. The summed E-state index contributed by atoms with van der Waals surface area (Å²) in [6, 6.07) is 18.3. The second-order valence-electron chi connectivity index (χ2n) is 4.89. The zero-order valence-corrected chi connectivity index (χ0v) is 12.3. The fourth-order valence-electron chi connectivity index (χ4n) is 2.41. The van der Waals surface area contributed by atoms with Crippen LogP contribution in [0, 0.1) is 0 Å². The smallest absolute Gasteiger partial charge is 0.446 e. The molecule has 0 aromatic heterocycles. The van der Waals surface area contributed by atoms with Crippen LogP contribution in [0.1, 0.15) is 23.7 Å². The van der Waals surface area contributed by atoms with Crippen molar-refractivity contribution in [2.24, 2.45) is 0 Å². The van der Waals surface area contributed by atoms with Gasteiger partial charge in [-0.3, -0.25) is 0 Å². The van der Waals surface area contributed by atoms with E-state index in [9.17, 15) is 13.2 Å². The lowest BCUT2D eigenvalue weighted by molar-refractivity contribution is -0.0322. The molecule has 1 heterocycles. The van der Waals surface area contributed by atoms with E-state index in [2.05, 4.69) is 0 Å². The van der Waals surface area contributed by atoms with Gasteiger partial charge in [-0.25, -0.2) is 0 Å². The molecule has 114 valence electrons. The molecule has 1 atom stereocenters. The van der Waals surface area contributed by atoms with Gasteiger partial charge in [0.1, 0.15) is 11.9 Å². The van der Waals surface area contributed by atoms with Crippen LogP contribution < -0.4 is 0 Å². The van der Waals surface area contributed by atoms with Gasteiger partial charge in [-0.15, -0.1) is 0 Å². The second kappa shape index (κ2) is 6.08. The Morgan fingerprint density at radius 2 is 1.50 bits per heavy atom. The highest BCUT2D eigenvalue weighted by atomic mass is 32.2. The molecule has 0 bridgehead atoms. The highest BCUT2D eigenvalue weighted by molar-refractivity contribution is 8.04. The molecule has 1 aliphatic rings. The average molecular weight is 322 g/mol. The van der Waals surface area contributed by atoms with Crippen LogP contribution in [-0.4, -0.2) is 5.51 Å². The van der Waals surface area contributed by atoms with Gasteiger partial charge in [-0.05, 0) is 17.3 Å². The average Bonchev–Trinajstić information content (AvgIpc) is 2.91. The summed E-state index contributed by atoms with van der Waals surface area (Å²) in [6.07, 6.45) is -0.139.